The number of hydrogen-bond donors (Lipinski definition) is 2. The Balaban J connectivity index is 0. The SMILES string of the molecule is CC.CCCCNC(=O)c1ccc(C(F)(F)F)cc1.CCCNC(=O)OC(C)(C)C. The van der Waals surface area contributed by atoms with Crippen molar-refractivity contribution in [3.63, 3.8) is 0 Å². The highest BCUT2D eigenvalue weighted by Crippen LogP contribution is 2.29. The lowest BCUT2D eigenvalue weighted by molar-refractivity contribution is -0.137. The Kier molecular flexibility index (Phi) is 15.5. The van der Waals surface area contributed by atoms with Gasteiger partial charge in [0.15, 0.2) is 0 Å². The quantitative estimate of drug-likeness (QED) is 0.525. The Morgan fingerprint density at radius 3 is 1.83 bits per heavy atom. The molecule has 0 saturated heterocycles. The van der Waals surface area contributed by atoms with Crippen LogP contribution in [0.5, 0.6) is 0 Å². The smallest absolute Gasteiger partial charge is 0.416 e. The van der Waals surface area contributed by atoms with Crippen molar-refractivity contribution in [2.75, 3.05) is 13.1 Å². The maximum atomic E-state index is 12.3. The minimum Gasteiger partial charge on any atom is -0.444 e. The van der Waals surface area contributed by atoms with E-state index >= 15 is 0 Å². The number of alkyl halides is 3. The van der Waals surface area contributed by atoms with Gasteiger partial charge in [0.25, 0.3) is 5.91 Å². The fraction of sp³-hybridized carbons (Fsp3) is 0.636. The van der Waals surface area contributed by atoms with Gasteiger partial charge < -0.3 is 15.4 Å². The first kappa shape index (κ1) is 29.9. The number of carbonyl (C=O) groups excluding carboxylic acids is 2. The molecule has 0 fully saturated rings. The molecule has 1 aromatic rings. The number of carbonyl (C=O) groups is 2. The van der Waals surface area contributed by atoms with Crippen LogP contribution in [-0.4, -0.2) is 30.7 Å². The third-order valence-corrected chi connectivity index (χ3v) is 3.21. The minimum absolute atomic E-state index is 0.245. The van der Waals surface area contributed by atoms with Crippen molar-refractivity contribution in [1.29, 1.82) is 0 Å². The molecule has 0 aromatic heterocycles. The molecule has 0 atom stereocenters. The van der Waals surface area contributed by atoms with Gasteiger partial charge in [0.2, 0.25) is 0 Å². The molecule has 0 aliphatic carbocycles. The van der Waals surface area contributed by atoms with Crippen LogP contribution >= 0.6 is 0 Å². The normalized spacial score (nSPS) is 10.6. The molecular formula is C22H37F3N2O3. The standard InChI is InChI=1S/C12H14F3NO.C8H17NO2.C2H6/c1-2-3-8-16-11(17)9-4-6-10(7-5-9)12(13,14)15;1-5-6-9-7(10)11-8(2,3)4;1-2/h4-7H,2-3,8H2,1H3,(H,16,17);5-6H2,1-4H3,(H,9,10);1-2H3. The van der Waals surface area contributed by atoms with Gasteiger partial charge in [-0.2, -0.15) is 13.2 Å². The molecule has 0 spiro atoms. The van der Waals surface area contributed by atoms with Crippen LogP contribution in [0.4, 0.5) is 18.0 Å². The second-order valence-electron chi connectivity index (χ2n) is 7.11. The summed E-state index contributed by atoms with van der Waals surface area (Å²) in [5.74, 6) is -0.341. The van der Waals surface area contributed by atoms with E-state index < -0.39 is 17.3 Å². The van der Waals surface area contributed by atoms with Gasteiger partial charge >= 0.3 is 12.3 Å². The summed E-state index contributed by atoms with van der Waals surface area (Å²) < 4.78 is 41.8. The minimum atomic E-state index is -4.36. The first-order valence-electron chi connectivity index (χ1n) is 10.3. The molecule has 8 heteroatoms. The lowest BCUT2D eigenvalue weighted by Crippen LogP contribution is -2.32. The van der Waals surface area contributed by atoms with Crippen molar-refractivity contribution >= 4 is 12.0 Å². The summed E-state index contributed by atoms with van der Waals surface area (Å²) in [5, 5.41) is 5.27. The maximum Gasteiger partial charge on any atom is 0.416 e. The fourth-order valence-electron chi connectivity index (χ4n) is 1.83. The molecule has 0 unspecified atom stereocenters. The highest BCUT2D eigenvalue weighted by molar-refractivity contribution is 5.94. The highest BCUT2D eigenvalue weighted by atomic mass is 19.4. The third-order valence-electron chi connectivity index (χ3n) is 3.21. The van der Waals surface area contributed by atoms with Crippen molar-refractivity contribution in [3.8, 4) is 0 Å². The molecule has 0 bridgehead atoms. The Hall–Kier alpha value is -2.25. The van der Waals surface area contributed by atoms with Gasteiger partial charge in [-0.3, -0.25) is 4.79 Å². The van der Waals surface area contributed by atoms with E-state index in [0.29, 0.717) is 13.1 Å². The summed E-state index contributed by atoms with van der Waals surface area (Å²) in [6, 6.07) is 4.19. The van der Waals surface area contributed by atoms with Crippen LogP contribution in [-0.2, 0) is 10.9 Å². The Bertz CT molecular complexity index is 595. The average molecular weight is 435 g/mol. The Morgan fingerprint density at radius 2 is 1.43 bits per heavy atom. The van der Waals surface area contributed by atoms with Gasteiger partial charge in [0.1, 0.15) is 5.60 Å². The summed E-state index contributed by atoms with van der Waals surface area (Å²) in [6.07, 6.45) is -1.96. The molecule has 2 N–H and O–H groups in total. The fourth-order valence-corrected chi connectivity index (χ4v) is 1.83. The second kappa shape index (κ2) is 15.6. The zero-order valence-electron chi connectivity index (χ0n) is 19.2. The maximum absolute atomic E-state index is 12.3. The van der Waals surface area contributed by atoms with E-state index in [0.717, 1.165) is 31.4 Å². The number of ether oxygens (including phenoxy) is 1. The van der Waals surface area contributed by atoms with E-state index in [9.17, 15) is 22.8 Å². The van der Waals surface area contributed by atoms with Gasteiger partial charge in [-0.25, -0.2) is 4.79 Å². The molecule has 0 heterocycles. The number of halogens is 3. The molecule has 1 aromatic carbocycles. The zero-order valence-corrected chi connectivity index (χ0v) is 19.2. The second-order valence-corrected chi connectivity index (χ2v) is 7.11. The number of hydrogen-bond acceptors (Lipinski definition) is 3. The van der Waals surface area contributed by atoms with Crippen molar-refractivity contribution in [2.45, 2.75) is 79.5 Å². The Morgan fingerprint density at radius 1 is 0.900 bits per heavy atom. The molecular weight excluding hydrogens is 397 g/mol. The van der Waals surface area contributed by atoms with Crippen LogP contribution in [0.25, 0.3) is 0 Å². The van der Waals surface area contributed by atoms with E-state index in [2.05, 4.69) is 10.6 Å². The van der Waals surface area contributed by atoms with Crippen molar-refractivity contribution in [2.24, 2.45) is 0 Å². The van der Waals surface area contributed by atoms with Crippen LogP contribution in [0.15, 0.2) is 24.3 Å². The van der Waals surface area contributed by atoms with Crippen molar-refractivity contribution < 1.29 is 27.5 Å². The Labute approximate surface area is 178 Å². The molecule has 0 aliphatic heterocycles. The summed E-state index contributed by atoms with van der Waals surface area (Å²) >= 11 is 0. The van der Waals surface area contributed by atoms with Crippen LogP contribution in [0, 0.1) is 0 Å². The zero-order chi connectivity index (χ0) is 23.8. The van der Waals surface area contributed by atoms with Gasteiger partial charge in [-0.05, 0) is 57.9 Å². The van der Waals surface area contributed by atoms with Crippen LogP contribution in [0.3, 0.4) is 0 Å². The van der Waals surface area contributed by atoms with Gasteiger partial charge in [-0.1, -0.05) is 34.1 Å². The average Bonchev–Trinajstić information content (AvgIpc) is 2.66. The van der Waals surface area contributed by atoms with Crippen molar-refractivity contribution in [3.05, 3.63) is 35.4 Å². The molecule has 0 radical (unpaired) electrons. The van der Waals surface area contributed by atoms with E-state index in [1.165, 1.54) is 12.1 Å². The number of rotatable bonds is 6. The molecule has 2 amide bonds. The predicted molar refractivity (Wildman–Crippen MR) is 115 cm³/mol. The number of nitrogens with one attached hydrogen (secondary N) is 2. The summed E-state index contributed by atoms with van der Waals surface area (Å²) in [5.41, 5.74) is -0.894. The van der Waals surface area contributed by atoms with Crippen LogP contribution < -0.4 is 10.6 Å². The van der Waals surface area contributed by atoms with Crippen LogP contribution in [0.1, 0.15) is 83.7 Å². The van der Waals surface area contributed by atoms with E-state index in [4.69, 9.17) is 4.74 Å². The third kappa shape index (κ3) is 15.6. The van der Waals surface area contributed by atoms with Gasteiger partial charge in [0, 0.05) is 18.7 Å². The molecule has 174 valence electrons. The van der Waals surface area contributed by atoms with E-state index in [-0.39, 0.29) is 17.6 Å². The lowest BCUT2D eigenvalue weighted by atomic mass is 10.1. The topological polar surface area (TPSA) is 67.4 Å². The van der Waals surface area contributed by atoms with Gasteiger partial charge in [0.05, 0.1) is 5.56 Å². The lowest BCUT2D eigenvalue weighted by Gasteiger charge is -2.19. The van der Waals surface area contributed by atoms with Crippen LogP contribution in [0.2, 0.25) is 0 Å². The number of benzene rings is 1. The molecule has 0 aliphatic rings. The molecule has 30 heavy (non-hydrogen) atoms. The molecule has 0 saturated carbocycles. The monoisotopic (exact) mass is 434 g/mol. The van der Waals surface area contributed by atoms with Crippen molar-refractivity contribution in [1.82, 2.24) is 10.6 Å². The predicted octanol–water partition coefficient (Wildman–Crippen LogP) is 6.18. The summed E-state index contributed by atoms with van der Waals surface area (Å²) in [7, 11) is 0. The molecule has 5 nitrogen and oxygen atoms in total. The van der Waals surface area contributed by atoms with Gasteiger partial charge in [-0.15, -0.1) is 0 Å². The number of amides is 2. The van der Waals surface area contributed by atoms with E-state index in [1.807, 2.05) is 48.5 Å². The van der Waals surface area contributed by atoms with E-state index in [1.54, 1.807) is 0 Å². The summed E-state index contributed by atoms with van der Waals surface area (Å²) in [6.45, 7) is 14.7. The summed E-state index contributed by atoms with van der Waals surface area (Å²) in [4.78, 5) is 22.4. The first-order valence-corrected chi connectivity index (χ1v) is 10.3. The molecule has 1 rings (SSSR count). The number of alkyl carbamates (subject to hydrolysis) is 1. The first-order chi connectivity index (χ1) is 13.9. The largest absolute Gasteiger partial charge is 0.444 e. The highest BCUT2D eigenvalue weighted by Gasteiger charge is 2.30. The number of unbranched alkanes of at least 4 members (excludes halogenated alkanes) is 1.